The van der Waals surface area contributed by atoms with E-state index in [0.29, 0.717) is 11.3 Å². The molecule has 5 heteroatoms. The van der Waals surface area contributed by atoms with Crippen molar-refractivity contribution in [2.75, 3.05) is 5.32 Å². The second-order valence-corrected chi connectivity index (χ2v) is 4.95. The number of anilines is 1. The van der Waals surface area contributed by atoms with Gasteiger partial charge in [-0.15, -0.1) is 0 Å². The van der Waals surface area contributed by atoms with Crippen LogP contribution in [0.5, 0.6) is 0 Å². The van der Waals surface area contributed by atoms with Crippen molar-refractivity contribution in [3.63, 3.8) is 0 Å². The van der Waals surface area contributed by atoms with E-state index < -0.39 is 10.8 Å². The van der Waals surface area contributed by atoms with Gasteiger partial charge in [0.25, 0.3) is 11.6 Å². The summed E-state index contributed by atoms with van der Waals surface area (Å²) in [6, 6.07) is 10.4. The van der Waals surface area contributed by atoms with E-state index in [4.69, 9.17) is 0 Å². The molecule has 0 saturated heterocycles. The molecule has 2 rings (SSSR count). The fourth-order valence-electron chi connectivity index (χ4n) is 2.28. The summed E-state index contributed by atoms with van der Waals surface area (Å²) >= 11 is 0. The molecule has 0 aliphatic carbocycles. The molecule has 0 aromatic heterocycles. The second kappa shape index (κ2) is 5.75. The molecule has 0 aliphatic heterocycles. The number of aryl methyl sites for hydroxylation is 3. The highest BCUT2D eigenvalue weighted by molar-refractivity contribution is 6.08. The number of benzene rings is 2. The van der Waals surface area contributed by atoms with Gasteiger partial charge in [0, 0.05) is 11.3 Å². The maximum atomic E-state index is 12.4. The molecule has 0 heterocycles. The first-order chi connectivity index (χ1) is 9.91. The van der Waals surface area contributed by atoms with Crippen LogP contribution in [0.3, 0.4) is 0 Å². The van der Waals surface area contributed by atoms with Crippen LogP contribution in [0.15, 0.2) is 36.4 Å². The van der Waals surface area contributed by atoms with E-state index in [1.54, 1.807) is 19.1 Å². The van der Waals surface area contributed by atoms with Gasteiger partial charge in [0.2, 0.25) is 0 Å². The summed E-state index contributed by atoms with van der Waals surface area (Å²) in [6.45, 7) is 5.38. The van der Waals surface area contributed by atoms with Gasteiger partial charge in [-0.25, -0.2) is 0 Å². The van der Waals surface area contributed by atoms with Crippen molar-refractivity contribution in [2.24, 2.45) is 0 Å². The number of nitrogens with one attached hydrogen (secondary N) is 1. The minimum atomic E-state index is -0.519. The Bertz CT molecular complexity index is 703. The number of rotatable bonds is 3. The highest BCUT2D eigenvalue weighted by Crippen LogP contribution is 2.26. The number of nitrogens with zero attached hydrogens (tertiary/aromatic N) is 1. The maximum absolute atomic E-state index is 12.4. The molecule has 2 aromatic carbocycles. The Balaban J connectivity index is 2.43. The summed E-state index contributed by atoms with van der Waals surface area (Å²) in [5, 5.41) is 13.9. The molecule has 5 nitrogen and oxygen atoms in total. The Morgan fingerprint density at radius 1 is 1.00 bits per heavy atom. The first-order valence-electron chi connectivity index (χ1n) is 6.53. The van der Waals surface area contributed by atoms with Crippen LogP contribution in [0.1, 0.15) is 27.0 Å². The summed E-state index contributed by atoms with van der Waals surface area (Å²) in [6.07, 6.45) is 0. The number of nitro benzene ring substituents is 1. The zero-order chi connectivity index (χ0) is 15.6. The van der Waals surface area contributed by atoms with E-state index in [1.165, 1.54) is 6.07 Å². The Labute approximate surface area is 122 Å². The monoisotopic (exact) mass is 284 g/mol. The second-order valence-electron chi connectivity index (χ2n) is 4.95. The van der Waals surface area contributed by atoms with Gasteiger partial charge in [-0.05, 0) is 38.0 Å². The molecule has 0 bridgehead atoms. The number of hydrogen-bond donors (Lipinski definition) is 1. The highest BCUT2D eigenvalue weighted by Gasteiger charge is 2.22. The van der Waals surface area contributed by atoms with Crippen molar-refractivity contribution in [1.82, 2.24) is 0 Å². The average molecular weight is 284 g/mol. The van der Waals surface area contributed by atoms with Crippen LogP contribution in [0.4, 0.5) is 11.4 Å². The van der Waals surface area contributed by atoms with Gasteiger partial charge in [0.05, 0.1) is 4.92 Å². The average Bonchev–Trinajstić information content (AvgIpc) is 2.42. The third-order valence-corrected chi connectivity index (χ3v) is 3.38. The van der Waals surface area contributed by atoms with Crippen LogP contribution < -0.4 is 5.32 Å². The third-order valence-electron chi connectivity index (χ3n) is 3.38. The number of nitro groups is 1. The van der Waals surface area contributed by atoms with Gasteiger partial charge in [-0.3, -0.25) is 14.9 Å². The van der Waals surface area contributed by atoms with Crippen LogP contribution in [-0.4, -0.2) is 10.8 Å². The number of hydrogen-bond acceptors (Lipinski definition) is 3. The maximum Gasteiger partial charge on any atom is 0.285 e. The Morgan fingerprint density at radius 3 is 2.10 bits per heavy atom. The molecule has 21 heavy (non-hydrogen) atoms. The van der Waals surface area contributed by atoms with E-state index in [9.17, 15) is 14.9 Å². The Morgan fingerprint density at radius 2 is 1.52 bits per heavy atom. The third kappa shape index (κ3) is 2.91. The minimum absolute atomic E-state index is 0.0719. The quantitative estimate of drug-likeness (QED) is 0.688. The molecule has 0 atom stereocenters. The highest BCUT2D eigenvalue weighted by atomic mass is 16.6. The molecule has 1 amide bonds. The number of carbonyl (C=O) groups excluding carboxylic acids is 1. The molecule has 0 radical (unpaired) electrons. The van der Waals surface area contributed by atoms with Crippen molar-refractivity contribution in [2.45, 2.75) is 20.8 Å². The zero-order valence-electron chi connectivity index (χ0n) is 12.1. The van der Waals surface area contributed by atoms with E-state index in [-0.39, 0.29) is 11.3 Å². The standard InChI is InChI=1S/C16H16N2O3/c1-10-6-4-7-11(2)14(10)17-16(19)13-9-5-8-12(3)15(13)18(20)21/h4-9H,1-3H3,(H,17,19). The predicted octanol–water partition coefficient (Wildman–Crippen LogP) is 3.77. The van der Waals surface area contributed by atoms with Gasteiger partial charge in [-0.1, -0.05) is 30.3 Å². The zero-order valence-corrected chi connectivity index (χ0v) is 12.1. The van der Waals surface area contributed by atoms with E-state index in [2.05, 4.69) is 5.32 Å². The van der Waals surface area contributed by atoms with Crippen molar-refractivity contribution in [1.29, 1.82) is 0 Å². The Kier molecular flexibility index (Phi) is 4.03. The summed E-state index contributed by atoms with van der Waals surface area (Å²) in [7, 11) is 0. The fourth-order valence-corrected chi connectivity index (χ4v) is 2.28. The fraction of sp³-hybridized carbons (Fsp3) is 0.188. The topological polar surface area (TPSA) is 72.2 Å². The lowest BCUT2D eigenvalue weighted by Crippen LogP contribution is -2.16. The lowest BCUT2D eigenvalue weighted by Gasteiger charge is -2.12. The van der Waals surface area contributed by atoms with Crippen molar-refractivity contribution < 1.29 is 9.72 Å². The Hall–Kier alpha value is -2.69. The number of carbonyl (C=O) groups is 1. The molecule has 108 valence electrons. The van der Waals surface area contributed by atoms with Crippen LogP contribution in [0.2, 0.25) is 0 Å². The molecule has 2 aromatic rings. The molecule has 0 saturated carbocycles. The van der Waals surface area contributed by atoms with Gasteiger partial charge < -0.3 is 5.32 Å². The molecule has 1 N–H and O–H groups in total. The summed E-state index contributed by atoms with van der Waals surface area (Å²) < 4.78 is 0. The SMILES string of the molecule is Cc1cccc(C)c1NC(=O)c1cccc(C)c1[N+](=O)[O-]. The molecule has 0 fully saturated rings. The molecular formula is C16H16N2O3. The van der Waals surface area contributed by atoms with Gasteiger partial charge in [0.15, 0.2) is 0 Å². The van der Waals surface area contributed by atoms with Crippen LogP contribution in [0.25, 0.3) is 0 Å². The summed E-state index contributed by atoms with van der Waals surface area (Å²) in [5.74, 6) is -0.470. The van der Waals surface area contributed by atoms with E-state index in [1.807, 2.05) is 32.0 Å². The largest absolute Gasteiger partial charge is 0.321 e. The molecular weight excluding hydrogens is 268 g/mol. The summed E-state index contributed by atoms with van der Waals surface area (Å²) in [4.78, 5) is 23.0. The van der Waals surface area contributed by atoms with Crippen LogP contribution in [-0.2, 0) is 0 Å². The van der Waals surface area contributed by atoms with Crippen LogP contribution >= 0.6 is 0 Å². The number of amides is 1. The van der Waals surface area contributed by atoms with Crippen molar-refractivity contribution >= 4 is 17.3 Å². The van der Waals surface area contributed by atoms with Crippen molar-refractivity contribution in [3.8, 4) is 0 Å². The summed E-state index contributed by atoms with van der Waals surface area (Å²) in [5.41, 5.74) is 2.91. The van der Waals surface area contributed by atoms with Gasteiger partial charge >= 0.3 is 0 Å². The van der Waals surface area contributed by atoms with Gasteiger partial charge in [-0.2, -0.15) is 0 Å². The van der Waals surface area contributed by atoms with E-state index in [0.717, 1.165) is 11.1 Å². The lowest BCUT2D eigenvalue weighted by atomic mass is 10.1. The molecule has 0 aliphatic rings. The minimum Gasteiger partial charge on any atom is -0.321 e. The predicted molar refractivity (Wildman–Crippen MR) is 81.7 cm³/mol. The normalized spacial score (nSPS) is 10.2. The first-order valence-corrected chi connectivity index (χ1v) is 6.53. The molecule has 0 unspecified atom stereocenters. The van der Waals surface area contributed by atoms with E-state index >= 15 is 0 Å². The smallest absolute Gasteiger partial charge is 0.285 e. The van der Waals surface area contributed by atoms with Crippen molar-refractivity contribution in [3.05, 3.63) is 68.8 Å². The van der Waals surface area contributed by atoms with Crippen LogP contribution in [0, 0.1) is 30.9 Å². The molecule has 0 spiro atoms. The first kappa shape index (κ1) is 14.7. The lowest BCUT2D eigenvalue weighted by molar-refractivity contribution is -0.385. The number of para-hydroxylation sites is 2. The van der Waals surface area contributed by atoms with Gasteiger partial charge in [0.1, 0.15) is 5.56 Å².